The SMILES string of the molecule is C=C(C(=O)OC)C(F)(F)F.C=C(C)C(=O)OC.C=CC(=O)COC[O-].C=CC(=O)OC.C=CCOC.C=COC.CC1CO1.CC1OC1(C)C.CCC1(COC)COC1.CN1C(=O)C=CC1=O.COCC1(C)CO1.COCC1CCC2OC2C1.COCC1CO1. The number of alkyl halides is 3. The maximum absolute atomic E-state index is 11.5. The molecule has 7 unspecified atom stereocenters. The molecule has 7 fully saturated rings. The Balaban J connectivity index is -0.000000292. The van der Waals surface area contributed by atoms with Gasteiger partial charge in [0, 0.05) is 78.4 Å². The predicted molar refractivity (Wildman–Crippen MR) is 330 cm³/mol. The van der Waals surface area contributed by atoms with Crippen LogP contribution in [0.2, 0.25) is 0 Å². The number of fused-ring (bicyclic) bond motifs is 1. The number of methoxy groups -OCH3 is 9. The fourth-order valence-corrected chi connectivity index (χ4v) is 5.63. The van der Waals surface area contributed by atoms with Crippen molar-refractivity contribution in [1.82, 2.24) is 4.90 Å². The first kappa shape index (κ1) is 93.2. The van der Waals surface area contributed by atoms with E-state index in [1.165, 1.54) is 65.4 Å². The first-order valence-electron chi connectivity index (χ1n) is 28.3. The summed E-state index contributed by atoms with van der Waals surface area (Å²) < 4.78 is 110. The van der Waals surface area contributed by atoms with E-state index in [0.29, 0.717) is 48.1 Å². The Morgan fingerprint density at radius 3 is 1.41 bits per heavy atom. The molecule has 90 heavy (non-hydrogen) atoms. The van der Waals surface area contributed by atoms with Crippen molar-refractivity contribution in [3.05, 3.63) is 87.3 Å². The van der Waals surface area contributed by atoms with Crippen LogP contribution in [0.1, 0.15) is 74.1 Å². The number of amides is 2. The highest BCUT2D eigenvalue weighted by molar-refractivity contribution is 6.12. The molecule has 1 aliphatic carbocycles. The van der Waals surface area contributed by atoms with Crippen molar-refractivity contribution in [1.29, 1.82) is 0 Å². The number of ether oxygens (including phenoxy) is 16. The van der Waals surface area contributed by atoms with Gasteiger partial charge in [-0.05, 0) is 86.0 Å². The summed E-state index contributed by atoms with van der Waals surface area (Å²) in [4.78, 5) is 62.2. The van der Waals surface area contributed by atoms with E-state index in [1.807, 2.05) is 6.92 Å². The zero-order chi connectivity index (χ0) is 70.5. The lowest BCUT2D eigenvalue weighted by molar-refractivity contribution is -0.429. The lowest BCUT2D eigenvalue weighted by atomic mass is 9.84. The molecule has 0 aromatic carbocycles. The molecule has 27 heteroatoms. The largest absolute Gasteiger partial charge is 0.834 e. The van der Waals surface area contributed by atoms with Crippen molar-refractivity contribution in [3.63, 3.8) is 0 Å². The van der Waals surface area contributed by atoms with Crippen LogP contribution in [-0.4, -0.2) is 239 Å². The number of halogens is 3. The van der Waals surface area contributed by atoms with Gasteiger partial charge in [-0.15, -0.1) is 6.58 Å². The molecule has 8 rings (SSSR count). The van der Waals surface area contributed by atoms with Gasteiger partial charge in [0.2, 0.25) is 0 Å². The molecule has 0 N–H and O–H groups in total. The summed E-state index contributed by atoms with van der Waals surface area (Å²) in [6.45, 7) is 40.6. The molecule has 0 radical (unpaired) electrons. The Bertz CT molecular complexity index is 2030. The summed E-state index contributed by atoms with van der Waals surface area (Å²) in [5, 5.41) is 9.54. The summed E-state index contributed by atoms with van der Waals surface area (Å²) >= 11 is 0. The number of carbonyl (C=O) groups excluding carboxylic acids is 6. The van der Waals surface area contributed by atoms with Gasteiger partial charge in [0.25, 0.3) is 11.8 Å². The number of carbonyl (C=O) groups is 6. The van der Waals surface area contributed by atoms with Gasteiger partial charge in [0.1, 0.15) is 23.9 Å². The van der Waals surface area contributed by atoms with Gasteiger partial charge in [0.05, 0.1) is 124 Å². The molecule has 6 saturated heterocycles. The molecule has 524 valence electrons. The second-order valence-electron chi connectivity index (χ2n) is 20.5. The molecule has 7 heterocycles. The Kier molecular flexibility index (Phi) is 57.1. The molecule has 0 aromatic rings. The molecular formula is C63H107F3NO23-. The lowest BCUT2D eigenvalue weighted by Gasteiger charge is -2.39. The van der Waals surface area contributed by atoms with Gasteiger partial charge in [-0.2, -0.15) is 13.2 Å². The van der Waals surface area contributed by atoms with Gasteiger partial charge in [-0.25, -0.2) is 14.4 Å². The highest BCUT2D eigenvalue weighted by Crippen LogP contribution is 2.39. The van der Waals surface area contributed by atoms with E-state index in [-0.39, 0.29) is 41.4 Å². The highest BCUT2D eigenvalue weighted by Gasteiger charge is 2.44. The van der Waals surface area contributed by atoms with Crippen molar-refractivity contribution < 1.29 is 123 Å². The quantitative estimate of drug-likeness (QED) is 0.0186. The van der Waals surface area contributed by atoms with Crippen LogP contribution in [0.3, 0.4) is 0 Å². The summed E-state index contributed by atoms with van der Waals surface area (Å²) in [6.07, 6.45) is 10.8. The van der Waals surface area contributed by atoms with Crippen LogP contribution >= 0.6 is 0 Å². The van der Waals surface area contributed by atoms with E-state index in [9.17, 15) is 47.0 Å². The van der Waals surface area contributed by atoms with E-state index < -0.39 is 30.5 Å². The van der Waals surface area contributed by atoms with Crippen molar-refractivity contribution in [2.45, 2.75) is 122 Å². The van der Waals surface area contributed by atoms with E-state index >= 15 is 0 Å². The molecular weight excluding hydrogens is 1200 g/mol. The van der Waals surface area contributed by atoms with E-state index in [1.54, 1.807) is 55.7 Å². The second-order valence-corrected chi connectivity index (χ2v) is 20.5. The molecule has 1 saturated carbocycles. The van der Waals surface area contributed by atoms with E-state index in [0.717, 1.165) is 89.5 Å². The van der Waals surface area contributed by atoms with Gasteiger partial charge in [0.15, 0.2) is 5.78 Å². The van der Waals surface area contributed by atoms with Gasteiger partial charge in [-0.1, -0.05) is 45.9 Å². The van der Waals surface area contributed by atoms with Crippen LogP contribution < -0.4 is 5.11 Å². The minimum absolute atomic E-state index is 0.0781. The number of hydrogen-bond acceptors (Lipinski definition) is 23. The Labute approximate surface area is 532 Å². The third-order valence-electron chi connectivity index (χ3n) is 12.0. The number of ketones is 1. The number of nitrogens with zero attached hydrogens (tertiary/aromatic N) is 1. The zero-order valence-electron chi connectivity index (χ0n) is 56.5. The average molecular weight is 1300 g/mol. The number of hydrogen-bond donors (Lipinski definition) is 0. The van der Waals surface area contributed by atoms with Crippen LogP contribution in [0.5, 0.6) is 0 Å². The van der Waals surface area contributed by atoms with Gasteiger partial charge < -0.3 is 80.9 Å². The molecule has 7 aliphatic heterocycles. The smallest absolute Gasteiger partial charge is 0.422 e. The van der Waals surface area contributed by atoms with Gasteiger partial charge in [-0.3, -0.25) is 19.3 Å². The topological polar surface area (TPSA) is 293 Å². The van der Waals surface area contributed by atoms with Crippen LogP contribution in [0.4, 0.5) is 13.2 Å². The summed E-state index contributed by atoms with van der Waals surface area (Å²) in [6, 6.07) is 0. The number of esters is 3. The summed E-state index contributed by atoms with van der Waals surface area (Å²) in [5.74, 6) is -2.16. The van der Waals surface area contributed by atoms with Crippen LogP contribution in [-0.2, 0) is 105 Å². The van der Waals surface area contributed by atoms with Crippen LogP contribution in [0, 0.1) is 11.3 Å². The molecule has 0 aromatic heterocycles. The second kappa shape index (κ2) is 55.1. The van der Waals surface area contributed by atoms with Crippen molar-refractivity contribution in [2.24, 2.45) is 11.3 Å². The van der Waals surface area contributed by atoms with Crippen molar-refractivity contribution in [2.75, 3.05) is 151 Å². The number of rotatable bonds is 19. The fourth-order valence-electron chi connectivity index (χ4n) is 5.63. The zero-order valence-corrected chi connectivity index (χ0v) is 56.5. The number of likely N-dealkylation sites (N-methyl/N-ethyl adjacent to an activating group) is 1. The average Bonchev–Trinajstić information content (AvgIpc) is 2.26. The van der Waals surface area contributed by atoms with E-state index in [2.05, 4.69) is 103 Å². The monoisotopic (exact) mass is 1300 g/mol. The molecule has 7 atom stereocenters. The van der Waals surface area contributed by atoms with Crippen LogP contribution in [0.15, 0.2) is 87.3 Å². The maximum atomic E-state index is 11.5. The molecule has 0 bridgehead atoms. The third kappa shape index (κ3) is 56.5. The van der Waals surface area contributed by atoms with Crippen LogP contribution in [0.25, 0.3) is 0 Å². The molecule has 2 amide bonds. The van der Waals surface area contributed by atoms with Gasteiger partial charge >= 0.3 is 24.1 Å². The number of imide groups is 1. The Morgan fingerprint density at radius 1 is 0.756 bits per heavy atom. The molecule has 8 aliphatic rings. The van der Waals surface area contributed by atoms with E-state index in [4.69, 9.17) is 47.4 Å². The summed E-state index contributed by atoms with van der Waals surface area (Å²) in [7, 11) is 15.0. The third-order valence-corrected chi connectivity index (χ3v) is 12.0. The minimum atomic E-state index is -4.69. The molecule has 24 nitrogen and oxygen atoms in total. The molecule has 0 spiro atoms. The highest BCUT2D eigenvalue weighted by atomic mass is 19.4. The van der Waals surface area contributed by atoms with Crippen molar-refractivity contribution >= 4 is 35.5 Å². The minimum Gasteiger partial charge on any atom is -0.834 e. The standard InChI is InChI=1S/C8H14O2.C7H14O2.C5H5F3O2.C5H5NO2.C5H7O3.C5H10O2.C5H8O2.C5H10O.C4H8O2.C4H6O2.C4H8O.2C3H6O/c1-9-5-6-2-3-7-8(4-6)10-7;1-3-7(4-8-2)5-9-6-7;1-3(4(9)10-2)5(6,7)8;1-6-4(7)2-3-5(6)8;1-2-5(7)3-8-4-6;1-5(3-6-2)4-7-5;1-4(2)5(6)7-3;1-4-5(2,3)6-4;1-5-2-4-3-6-4;1-3-4(5)6-2;1-3-4-5-2;1-3-2-4-3;1-3-4-2/h6-8H,2-5H2,1H3;3-6H2,1-2H3;1H2,2H3;2-3H,1H3;2H,1,3-4H2;3-4H2,1-2H3;1H2,2-3H3;4H,1-3H3;4H,2-3H2,1H3;3H,1H2,2H3;3H,1,4H2,2H3;3H,2H2,1H3;3H,1H2,2H3/q;;;;-1;;;;;;;;. The Morgan fingerprint density at radius 2 is 1.24 bits per heavy atom. The number of epoxide rings is 5. The first-order valence-corrected chi connectivity index (χ1v) is 28.3. The Hall–Kier alpha value is -5.53. The predicted octanol–water partition coefficient (Wildman–Crippen LogP) is 6.87. The normalized spacial score (nSPS) is 22.0. The first-order chi connectivity index (χ1) is 42.2. The summed E-state index contributed by atoms with van der Waals surface area (Å²) in [5.41, 5.74) is -0.402. The van der Waals surface area contributed by atoms with Crippen molar-refractivity contribution in [3.8, 4) is 0 Å². The fraction of sp³-hybridized carbons (Fsp3) is 0.683. The lowest BCUT2D eigenvalue weighted by Crippen LogP contribution is -2.45. The maximum Gasteiger partial charge on any atom is 0.422 e.